The van der Waals surface area contributed by atoms with Crippen molar-refractivity contribution in [1.82, 2.24) is 5.32 Å². The maximum atomic E-state index is 11.9. The number of morpholine rings is 1. The molecule has 1 unspecified atom stereocenters. The summed E-state index contributed by atoms with van der Waals surface area (Å²) in [7, 11) is 1.63. The number of amides is 1. The normalized spacial score (nSPS) is 18.9. The summed E-state index contributed by atoms with van der Waals surface area (Å²) in [6, 6.07) is 5.70. The molecule has 1 saturated heterocycles. The van der Waals surface area contributed by atoms with E-state index in [1.807, 2.05) is 25.1 Å². The van der Waals surface area contributed by atoms with Crippen molar-refractivity contribution in [2.24, 2.45) is 0 Å². The van der Waals surface area contributed by atoms with E-state index < -0.39 is 0 Å². The molecule has 2 N–H and O–H groups in total. The van der Waals surface area contributed by atoms with Gasteiger partial charge in [-0.1, -0.05) is 0 Å². The van der Waals surface area contributed by atoms with Gasteiger partial charge >= 0.3 is 0 Å². The van der Waals surface area contributed by atoms with Gasteiger partial charge in [0.2, 0.25) is 5.91 Å². The minimum absolute atomic E-state index is 0.00346. The van der Waals surface area contributed by atoms with E-state index in [0.717, 1.165) is 30.2 Å². The summed E-state index contributed by atoms with van der Waals surface area (Å²) in [5, 5.41) is 6.18. The zero-order valence-corrected chi connectivity index (χ0v) is 11.4. The van der Waals surface area contributed by atoms with Crippen molar-refractivity contribution in [3.63, 3.8) is 0 Å². The first-order valence-corrected chi connectivity index (χ1v) is 6.44. The molecule has 0 aliphatic carbocycles. The van der Waals surface area contributed by atoms with Crippen LogP contribution < -0.4 is 15.4 Å². The van der Waals surface area contributed by atoms with Gasteiger partial charge < -0.3 is 20.1 Å². The van der Waals surface area contributed by atoms with Crippen LogP contribution >= 0.6 is 0 Å². The maximum Gasteiger partial charge on any atom is 0.226 e. The highest BCUT2D eigenvalue weighted by atomic mass is 16.5. The van der Waals surface area contributed by atoms with Crippen LogP contribution in [0.25, 0.3) is 0 Å². The Labute approximate surface area is 113 Å². The van der Waals surface area contributed by atoms with E-state index in [1.54, 1.807) is 7.11 Å². The van der Waals surface area contributed by atoms with Crippen LogP contribution in [0.4, 0.5) is 5.69 Å². The smallest absolute Gasteiger partial charge is 0.226 e. The first kappa shape index (κ1) is 13.8. The number of nitrogens with one attached hydrogen (secondary N) is 2. The third-order valence-electron chi connectivity index (χ3n) is 3.14. The fourth-order valence-electron chi connectivity index (χ4n) is 2.08. The van der Waals surface area contributed by atoms with Crippen molar-refractivity contribution >= 4 is 11.6 Å². The molecule has 5 heteroatoms. The summed E-state index contributed by atoms with van der Waals surface area (Å²) in [5.74, 6) is 0.786. The second-order valence-corrected chi connectivity index (χ2v) is 4.66. The minimum atomic E-state index is -0.00346. The van der Waals surface area contributed by atoms with Crippen molar-refractivity contribution in [3.05, 3.63) is 23.8 Å². The molecule has 1 amide bonds. The Morgan fingerprint density at radius 1 is 1.58 bits per heavy atom. The molecule has 1 aliphatic heterocycles. The first-order valence-electron chi connectivity index (χ1n) is 6.44. The van der Waals surface area contributed by atoms with Crippen LogP contribution in [0, 0.1) is 6.92 Å². The molecular weight excluding hydrogens is 244 g/mol. The lowest BCUT2D eigenvalue weighted by atomic mass is 10.1. The topological polar surface area (TPSA) is 59.6 Å². The number of anilines is 1. The Kier molecular flexibility index (Phi) is 4.76. The number of carbonyl (C=O) groups is 1. The van der Waals surface area contributed by atoms with E-state index in [1.165, 1.54) is 0 Å². The highest BCUT2D eigenvalue weighted by molar-refractivity contribution is 5.92. The van der Waals surface area contributed by atoms with Gasteiger partial charge in [-0.25, -0.2) is 0 Å². The van der Waals surface area contributed by atoms with Gasteiger partial charge in [0.05, 0.1) is 20.3 Å². The van der Waals surface area contributed by atoms with Crippen molar-refractivity contribution in [2.45, 2.75) is 19.4 Å². The number of ether oxygens (including phenoxy) is 2. The monoisotopic (exact) mass is 264 g/mol. The molecule has 1 atom stereocenters. The molecule has 1 aromatic rings. The Hall–Kier alpha value is -1.59. The van der Waals surface area contributed by atoms with Gasteiger partial charge in [-0.3, -0.25) is 4.79 Å². The Bertz CT molecular complexity index is 442. The fourth-order valence-corrected chi connectivity index (χ4v) is 2.08. The van der Waals surface area contributed by atoms with Gasteiger partial charge in [0.25, 0.3) is 0 Å². The molecule has 0 spiro atoms. The molecule has 1 aromatic carbocycles. The third kappa shape index (κ3) is 3.94. The van der Waals surface area contributed by atoms with Crippen molar-refractivity contribution in [2.75, 3.05) is 32.2 Å². The minimum Gasteiger partial charge on any atom is -0.497 e. The number of benzene rings is 1. The van der Waals surface area contributed by atoms with E-state index in [9.17, 15) is 4.79 Å². The Morgan fingerprint density at radius 2 is 2.42 bits per heavy atom. The van der Waals surface area contributed by atoms with Gasteiger partial charge in [-0.15, -0.1) is 0 Å². The fraction of sp³-hybridized carbons (Fsp3) is 0.500. The van der Waals surface area contributed by atoms with Crippen LogP contribution in [0.3, 0.4) is 0 Å². The molecule has 0 radical (unpaired) electrons. The van der Waals surface area contributed by atoms with Crippen LogP contribution in [-0.2, 0) is 9.53 Å². The van der Waals surface area contributed by atoms with Gasteiger partial charge in [0, 0.05) is 24.7 Å². The molecule has 2 rings (SSSR count). The summed E-state index contributed by atoms with van der Waals surface area (Å²) in [5.41, 5.74) is 1.81. The lowest BCUT2D eigenvalue weighted by Gasteiger charge is -2.23. The SMILES string of the molecule is COc1ccc(NC(=O)CC2COCCN2)c(C)c1. The number of carbonyl (C=O) groups excluding carboxylic acids is 1. The van der Waals surface area contributed by atoms with Gasteiger partial charge in [0.1, 0.15) is 5.75 Å². The summed E-state index contributed by atoms with van der Waals surface area (Å²) in [6.45, 7) is 4.06. The number of aryl methyl sites for hydroxylation is 1. The maximum absolute atomic E-state index is 11.9. The molecular formula is C14H20N2O3. The predicted octanol–water partition coefficient (Wildman–Crippen LogP) is 1.32. The summed E-state index contributed by atoms with van der Waals surface area (Å²) in [6.07, 6.45) is 0.422. The van der Waals surface area contributed by atoms with Crippen molar-refractivity contribution in [3.8, 4) is 5.75 Å². The zero-order valence-electron chi connectivity index (χ0n) is 11.4. The second-order valence-electron chi connectivity index (χ2n) is 4.66. The predicted molar refractivity (Wildman–Crippen MR) is 73.6 cm³/mol. The van der Waals surface area contributed by atoms with Gasteiger partial charge in [0.15, 0.2) is 0 Å². The molecule has 19 heavy (non-hydrogen) atoms. The van der Waals surface area contributed by atoms with Crippen LogP contribution in [0.2, 0.25) is 0 Å². The number of hydrogen-bond acceptors (Lipinski definition) is 4. The largest absolute Gasteiger partial charge is 0.497 e. The van der Waals surface area contributed by atoms with E-state index in [4.69, 9.17) is 9.47 Å². The first-order chi connectivity index (χ1) is 9.19. The molecule has 1 aliphatic rings. The Morgan fingerprint density at radius 3 is 3.05 bits per heavy atom. The molecule has 1 heterocycles. The molecule has 104 valence electrons. The van der Waals surface area contributed by atoms with E-state index in [2.05, 4.69) is 10.6 Å². The average Bonchev–Trinajstić information content (AvgIpc) is 2.42. The molecule has 0 saturated carbocycles. The van der Waals surface area contributed by atoms with Gasteiger partial charge in [-0.05, 0) is 30.7 Å². The molecule has 1 fully saturated rings. The van der Waals surface area contributed by atoms with Crippen LogP contribution in [0.15, 0.2) is 18.2 Å². The number of methoxy groups -OCH3 is 1. The van der Waals surface area contributed by atoms with E-state index in [0.29, 0.717) is 13.0 Å². The average molecular weight is 264 g/mol. The highest BCUT2D eigenvalue weighted by Gasteiger charge is 2.17. The van der Waals surface area contributed by atoms with E-state index in [-0.39, 0.29) is 11.9 Å². The molecule has 0 aromatic heterocycles. The van der Waals surface area contributed by atoms with Crippen molar-refractivity contribution < 1.29 is 14.3 Å². The summed E-state index contributed by atoms with van der Waals surface area (Å²) >= 11 is 0. The standard InChI is InChI=1S/C14H20N2O3/c1-10-7-12(18-2)3-4-13(10)16-14(17)8-11-9-19-6-5-15-11/h3-4,7,11,15H,5-6,8-9H2,1-2H3,(H,16,17). The third-order valence-corrected chi connectivity index (χ3v) is 3.14. The number of rotatable bonds is 4. The number of hydrogen-bond donors (Lipinski definition) is 2. The zero-order chi connectivity index (χ0) is 13.7. The van der Waals surface area contributed by atoms with Crippen LogP contribution in [-0.4, -0.2) is 38.8 Å². The lowest BCUT2D eigenvalue weighted by Crippen LogP contribution is -2.43. The molecule has 0 bridgehead atoms. The summed E-state index contributed by atoms with van der Waals surface area (Å²) in [4.78, 5) is 11.9. The highest BCUT2D eigenvalue weighted by Crippen LogP contribution is 2.21. The van der Waals surface area contributed by atoms with Crippen molar-refractivity contribution in [1.29, 1.82) is 0 Å². The van der Waals surface area contributed by atoms with Crippen LogP contribution in [0.5, 0.6) is 5.75 Å². The van der Waals surface area contributed by atoms with E-state index >= 15 is 0 Å². The lowest BCUT2D eigenvalue weighted by molar-refractivity contribution is -0.117. The quantitative estimate of drug-likeness (QED) is 0.861. The van der Waals surface area contributed by atoms with Gasteiger partial charge in [-0.2, -0.15) is 0 Å². The second kappa shape index (κ2) is 6.54. The summed E-state index contributed by atoms with van der Waals surface area (Å²) < 4.78 is 10.5. The Balaban J connectivity index is 1.91. The molecule has 5 nitrogen and oxygen atoms in total. The van der Waals surface area contributed by atoms with Crippen LogP contribution in [0.1, 0.15) is 12.0 Å².